The van der Waals surface area contributed by atoms with Crippen LogP contribution in [-0.2, 0) is 17.9 Å². The lowest BCUT2D eigenvalue weighted by molar-refractivity contribution is 0.185. The molecule has 0 aliphatic carbocycles. The third-order valence-electron chi connectivity index (χ3n) is 2.50. The number of fused-ring (bicyclic) bond motifs is 1. The molecule has 1 aromatic heterocycles. The molecular weight excluding hydrogens is 206 g/mol. The second-order valence-electron chi connectivity index (χ2n) is 3.64. The van der Waals surface area contributed by atoms with Crippen LogP contribution in [0, 0.1) is 6.92 Å². The summed E-state index contributed by atoms with van der Waals surface area (Å²) in [5.41, 5.74) is 8.27. The van der Waals surface area contributed by atoms with Gasteiger partial charge in [0.25, 0.3) is 0 Å². The van der Waals surface area contributed by atoms with Crippen molar-refractivity contribution in [3.05, 3.63) is 34.2 Å². The molecule has 0 amide bonds. The Balaban J connectivity index is 2.65. The maximum absolute atomic E-state index is 5.74. The van der Waals surface area contributed by atoms with Crippen molar-refractivity contribution in [3.8, 4) is 0 Å². The highest BCUT2D eigenvalue weighted by molar-refractivity contribution is 7.19. The molecule has 0 bridgehead atoms. The van der Waals surface area contributed by atoms with Crippen molar-refractivity contribution in [2.24, 2.45) is 5.73 Å². The molecule has 0 unspecified atom stereocenters. The van der Waals surface area contributed by atoms with E-state index in [0.717, 1.165) is 0 Å². The van der Waals surface area contributed by atoms with Crippen molar-refractivity contribution < 1.29 is 4.74 Å². The summed E-state index contributed by atoms with van der Waals surface area (Å²) in [7, 11) is 1.72. The van der Waals surface area contributed by atoms with Crippen LogP contribution >= 0.6 is 11.3 Å². The zero-order valence-corrected chi connectivity index (χ0v) is 9.86. The Morgan fingerprint density at radius 2 is 2.20 bits per heavy atom. The lowest BCUT2D eigenvalue weighted by Crippen LogP contribution is -1.98. The standard InChI is InChI=1S/C12H15NOS/c1-8-3-4-11-9(5-8)10(7-14-2)12(6-13)15-11/h3-5H,6-7,13H2,1-2H3. The first kappa shape index (κ1) is 10.6. The summed E-state index contributed by atoms with van der Waals surface area (Å²) in [5.74, 6) is 0. The normalized spacial score (nSPS) is 11.1. The molecule has 0 radical (unpaired) electrons. The van der Waals surface area contributed by atoms with E-state index in [1.54, 1.807) is 18.4 Å². The number of ether oxygens (including phenoxy) is 1. The number of nitrogens with two attached hydrogens (primary N) is 1. The minimum absolute atomic E-state index is 0.594. The van der Waals surface area contributed by atoms with E-state index in [2.05, 4.69) is 25.1 Å². The molecule has 2 N–H and O–H groups in total. The highest BCUT2D eigenvalue weighted by Gasteiger charge is 2.10. The van der Waals surface area contributed by atoms with Gasteiger partial charge in [0, 0.05) is 28.8 Å². The van der Waals surface area contributed by atoms with Crippen LogP contribution in [-0.4, -0.2) is 7.11 Å². The van der Waals surface area contributed by atoms with Crippen LogP contribution in [0.5, 0.6) is 0 Å². The predicted molar refractivity (Wildman–Crippen MR) is 65.2 cm³/mol. The quantitative estimate of drug-likeness (QED) is 0.865. The summed E-state index contributed by atoms with van der Waals surface area (Å²) in [6, 6.07) is 6.50. The summed E-state index contributed by atoms with van der Waals surface area (Å²) in [6.45, 7) is 3.35. The molecule has 80 valence electrons. The Bertz CT molecular complexity index is 476. The van der Waals surface area contributed by atoms with Crippen LogP contribution in [0.25, 0.3) is 10.1 Å². The van der Waals surface area contributed by atoms with Crippen molar-refractivity contribution in [2.45, 2.75) is 20.1 Å². The van der Waals surface area contributed by atoms with Gasteiger partial charge in [0.2, 0.25) is 0 Å². The van der Waals surface area contributed by atoms with Crippen LogP contribution in [0.2, 0.25) is 0 Å². The van der Waals surface area contributed by atoms with Gasteiger partial charge in [-0.15, -0.1) is 11.3 Å². The van der Waals surface area contributed by atoms with Crippen LogP contribution in [0.3, 0.4) is 0 Å². The molecule has 0 atom stereocenters. The molecule has 0 fully saturated rings. The van der Waals surface area contributed by atoms with E-state index < -0.39 is 0 Å². The van der Waals surface area contributed by atoms with Gasteiger partial charge < -0.3 is 10.5 Å². The van der Waals surface area contributed by atoms with Crippen LogP contribution < -0.4 is 5.73 Å². The fourth-order valence-corrected chi connectivity index (χ4v) is 2.85. The Hall–Kier alpha value is -0.900. The van der Waals surface area contributed by atoms with Crippen LogP contribution in [0.4, 0.5) is 0 Å². The molecule has 0 spiro atoms. The number of thiophene rings is 1. The third-order valence-corrected chi connectivity index (χ3v) is 3.74. The molecule has 2 rings (SSSR count). The predicted octanol–water partition coefficient (Wildman–Crippen LogP) is 2.81. The minimum atomic E-state index is 0.594. The van der Waals surface area contributed by atoms with Gasteiger partial charge >= 0.3 is 0 Å². The monoisotopic (exact) mass is 221 g/mol. The van der Waals surface area contributed by atoms with Crippen LogP contribution in [0.15, 0.2) is 18.2 Å². The maximum Gasteiger partial charge on any atom is 0.0730 e. The molecule has 0 aliphatic rings. The molecule has 3 heteroatoms. The maximum atomic E-state index is 5.74. The van der Waals surface area contributed by atoms with E-state index in [-0.39, 0.29) is 0 Å². The molecule has 0 aliphatic heterocycles. The highest BCUT2D eigenvalue weighted by Crippen LogP contribution is 2.32. The smallest absolute Gasteiger partial charge is 0.0730 e. The average Bonchev–Trinajstić information content (AvgIpc) is 2.57. The van der Waals surface area contributed by atoms with Gasteiger partial charge in [-0.2, -0.15) is 0 Å². The zero-order valence-electron chi connectivity index (χ0n) is 9.04. The Kier molecular flexibility index (Phi) is 3.05. The number of benzene rings is 1. The van der Waals surface area contributed by atoms with E-state index in [1.807, 2.05) is 0 Å². The lowest BCUT2D eigenvalue weighted by Gasteiger charge is -2.01. The largest absolute Gasteiger partial charge is 0.380 e. The number of hydrogen-bond donors (Lipinski definition) is 1. The molecule has 1 heterocycles. The van der Waals surface area contributed by atoms with E-state index in [4.69, 9.17) is 10.5 Å². The summed E-state index contributed by atoms with van der Waals surface area (Å²) >= 11 is 1.77. The van der Waals surface area contributed by atoms with Gasteiger partial charge in [0.05, 0.1) is 6.61 Å². The highest BCUT2D eigenvalue weighted by atomic mass is 32.1. The van der Waals surface area contributed by atoms with Gasteiger partial charge in [-0.05, 0) is 18.4 Å². The van der Waals surface area contributed by atoms with Crippen LogP contribution in [0.1, 0.15) is 16.0 Å². The molecular formula is C12H15NOS. The second kappa shape index (κ2) is 4.31. The van der Waals surface area contributed by atoms with Gasteiger partial charge in [-0.25, -0.2) is 0 Å². The first-order valence-corrected chi connectivity index (χ1v) is 5.78. The third kappa shape index (κ3) is 1.91. The van der Waals surface area contributed by atoms with E-state index >= 15 is 0 Å². The lowest BCUT2D eigenvalue weighted by atomic mass is 10.1. The second-order valence-corrected chi connectivity index (χ2v) is 4.78. The van der Waals surface area contributed by atoms with Gasteiger partial charge in [-0.1, -0.05) is 17.7 Å². The molecule has 0 saturated carbocycles. The van der Waals surface area contributed by atoms with E-state index in [9.17, 15) is 0 Å². The van der Waals surface area contributed by atoms with Gasteiger partial charge in [0.1, 0.15) is 0 Å². The van der Waals surface area contributed by atoms with Crippen molar-refractivity contribution in [3.63, 3.8) is 0 Å². The molecule has 2 aromatic rings. The molecule has 1 aromatic carbocycles. The molecule has 2 nitrogen and oxygen atoms in total. The topological polar surface area (TPSA) is 35.2 Å². The summed E-state index contributed by atoms with van der Waals surface area (Å²) in [5, 5.41) is 1.29. The Labute approximate surface area is 93.7 Å². The number of rotatable bonds is 3. The first-order valence-electron chi connectivity index (χ1n) is 4.96. The summed E-state index contributed by atoms with van der Waals surface area (Å²) < 4.78 is 6.53. The molecule has 0 saturated heterocycles. The average molecular weight is 221 g/mol. The van der Waals surface area contributed by atoms with Crippen molar-refractivity contribution in [1.82, 2.24) is 0 Å². The first-order chi connectivity index (χ1) is 7.26. The van der Waals surface area contributed by atoms with Gasteiger partial charge in [0.15, 0.2) is 0 Å². The fraction of sp³-hybridized carbons (Fsp3) is 0.333. The molecule has 15 heavy (non-hydrogen) atoms. The van der Waals surface area contributed by atoms with Gasteiger partial charge in [-0.3, -0.25) is 0 Å². The minimum Gasteiger partial charge on any atom is -0.380 e. The number of methoxy groups -OCH3 is 1. The fourth-order valence-electron chi connectivity index (χ4n) is 1.78. The summed E-state index contributed by atoms with van der Waals surface area (Å²) in [6.07, 6.45) is 0. The van der Waals surface area contributed by atoms with E-state index in [1.165, 1.54) is 26.1 Å². The summed E-state index contributed by atoms with van der Waals surface area (Å²) in [4.78, 5) is 1.23. The number of aryl methyl sites for hydroxylation is 1. The Morgan fingerprint density at radius 1 is 1.40 bits per heavy atom. The van der Waals surface area contributed by atoms with Crippen molar-refractivity contribution in [2.75, 3.05) is 7.11 Å². The SMILES string of the molecule is COCc1c(CN)sc2ccc(C)cc12. The zero-order chi connectivity index (χ0) is 10.8. The van der Waals surface area contributed by atoms with Crippen molar-refractivity contribution in [1.29, 1.82) is 0 Å². The Morgan fingerprint density at radius 3 is 2.87 bits per heavy atom. The number of hydrogen-bond acceptors (Lipinski definition) is 3. The van der Waals surface area contributed by atoms with Crippen molar-refractivity contribution >= 4 is 21.4 Å². The van der Waals surface area contributed by atoms with E-state index in [0.29, 0.717) is 13.2 Å².